The summed E-state index contributed by atoms with van der Waals surface area (Å²) in [5.41, 5.74) is 3.34. The molecule has 4 rings (SSSR count). The molecular formula is C19H11BrCl2N2S2. The van der Waals surface area contributed by atoms with E-state index in [1.165, 1.54) is 0 Å². The van der Waals surface area contributed by atoms with Crippen LogP contribution in [0.5, 0.6) is 0 Å². The van der Waals surface area contributed by atoms with Gasteiger partial charge in [-0.05, 0) is 35.4 Å². The summed E-state index contributed by atoms with van der Waals surface area (Å²) in [5, 5.41) is 5.51. The third kappa shape index (κ3) is 3.78. The fourth-order valence-corrected chi connectivity index (χ4v) is 5.40. The third-order valence-corrected chi connectivity index (χ3v) is 6.91. The fraction of sp³-hybridized carbons (Fsp3) is 0.0526. The second-order valence-corrected chi connectivity index (χ2v) is 9.12. The Balaban J connectivity index is 1.71. The van der Waals surface area contributed by atoms with E-state index in [0.29, 0.717) is 10.0 Å². The average Bonchev–Trinajstić information content (AvgIpc) is 3.06. The molecule has 0 bridgehead atoms. The molecule has 26 heavy (non-hydrogen) atoms. The molecule has 0 spiro atoms. The Kier molecular flexibility index (Phi) is 5.53. The molecule has 7 heteroatoms. The van der Waals surface area contributed by atoms with Crippen molar-refractivity contribution in [2.45, 2.75) is 10.8 Å². The zero-order valence-electron chi connectivity index (χ0n) is 13.2. The van der Waals surface area contributed by atoms with Crippen LogP contribution in [0.15, 0.2) is 63.7 Å². The lowest BCUT2D eigenvalue weighted by molar-refractivity contribution is 1.11. The van der Waals surface area contributed by atoms with E-state index in [-0.39, 0.29) is 0 Å². The molecule has 4 aromatic rings. The van der Waals surface area contributed by atoms with Gasteiger partial charge in [0.15, 0.2) is 0 Å². The Hall–Kier alpha value is -1.11. The molecule has 0 radical (unpaired) electrons. The first-order valence-electron chi connectivity index (χ1n) is 7.66. The van der Waals surface area contributed by atoms with E-state index in [4.69, 9.17) is 23.2 Å². The number of fused-ring (bicyclic) bond motifs is 1. The highest BCUT2D eigenvalue weighted by Crippen LogP contribution is 2.39. The molecule has 130 valence electrons. The molecule has 0 N–H and O–H groups in total. The number of hydrogen-bond acceptors (Lipinski definition) is 4. The Morgan fingerprint density at radius 3 is 2.62 bits per heavy atom. The predicted octanol–water partition coefficient (Wildman–Crippen LogP) is 7.72. The summed E-state index contributed by atoms with van der Waals surface area (Å²) in [6.45, 7) is 0. The van der Waals surface area contributed by atoms with E-state index in [1.807, 2.05) is 24.3 Å². The van der Waals surface area contributed by atoms with E-state index in [9.17, 15) is 0 Å². The van der Waals surface area contributed by atoms with Crippen LogP contribution in [-0.4, -0.2) is 9.97 Å². The molecule has 2 aromatic carbocycles. The van der Waals surface area contributed by atoms with Crippen LogP contribution in [0.2, 0.25) is 10.0 Å². The van der Waals surface area contributed by atoms with Crippen LogP contribution in [0.3, 0.4) is 0 Å². The maximum absolute atomic E-state index is 6.30. The molecular weight excluding hydrogens is 471 g/mol. The summed E-state index contributed by atoms with van der Waals surface area (Å²) in [4.78, 5) is 9.94. The fourth-order valence-electron chi connectivity index (χ4n) is 2.58. The van der Waals surface area contributed by atoms with Crippen molar-refractivity contribution in [1.29, 1.82) is 0 Å². The molecule has 0 aliphatic carbocycles. The van der Waals surface area contributed by atoms with Gasteiger partial charge in [-0.15, -0.1) is 23.1 Å². The first kappa shape index (κ1) is 18.3. The lowest BCUT2D eigenvalue weighted by Crippen LogP contribution is -1.88. The Morgan fingerprint density at radius 1 is 1.04 bits per heavy atom. The van der Waals surface area contributed by atoms with Gasteiger partial charge in [0.25, 0.3) is 0 Å². The van der Waals surface area contributed by atoms with Gasteiger partial charge in [0.2, 0.25) is 0 Å². The SMILES string of the molecule is Clc1ccc(CSc2ncnc3scc(-c4ccc(Br)cc4)c23)c(Cl)c1. The topological polar surface area (TPSA) is 25.8 Å². The molecule has 2 aromatic heterocycles. The molecule has 0 aliphatic heterocycles. The highest BCUT2D eigenvalue weighted by molar-refractivity contribution is 9.10. The van der Waals surface area contributed by atoms with Gasteiger partial charge in [0.1, 0.15) is 16.2 Å². The van der Waals surface area contributed by atoms with Crippen LogP contribution < -0.4 is 0 Å². The summed E-state index contributed by atoms with van der Waals surface area (Å²) < 4.78 is 1.06. The monoisotopic (exact) mass is 480 g/mol. The second-order valence-electron chi connectivity index (χ2n) is 5.54. The molecule has 0 unspecified atom stereocenters. The van der Waals surface area contributed by atoms with Crippen molar-refractivity contribution in [3.63, 3.8) is 0 Å². The first-order valence-corrected chi connectivity index (χ1v) is 11.1. The van der Waals surface area contributed by atoms with Crippen LogP contribution in [-0.2, 0) is 5.75 Å². The number of hydrogen-bond donors (Lipinski definition) is 0. The zero-order valence-corrected chi connectivity index (χ0v) is 18.0. The van der Waals surface area contributed by atoms with Gasteiger partial charge >= 0.3 is 0 Å². The van der Waals surface area contributed by atoms with E-state index < -0.39 is 0 Å². The van der Waals surface area contributed by atoms with Crippen molar-refractivity contribution in [2.24, 2.45) is 0 Å². The van der Waals surface area contributed by atoms with E-state index in [0.717, 1.165) is 42.2 Å². The third-order valence-electron chi connectivity index (χ3n) is 3.87. The van der Waals surface area contributed by atoms with Crippen molar-refractivity contribution in [2.75, 3.05) is 0 Å². The summed E-state index contributed by atoms with van der Waals surface area (Å²) in [5.74, 6) is 0.720. The van der Waals surface area contributed by atoms with Crippen molar-refractivity contribution < 1.29 is 0 Å². The van der Waals surface area contributed by atoms with Gasteiger partial charge in [-0.25, -0.2) is 9.97 Å². The summed E-state index contributed by atoms with van der Waals surface area (Å²) in [6.07, 6.45) is 1.62. The molecule has 2 nitrogen and oxygen atoms in total. The Labute approximate surface area is 177 Å². The minimum atomic E-state index is 0.642. The van der Waals surface area contributed by atoms with Gasteiger partial charge in [-0.3, -0.25) is 0 Å². The second kappa shape index (κ2) is 7.87. The van der Waals surface area contributed by atoms with E-state index in [1.54, 1.807) is 35.5 Å². The molecule has 0 atom stereocenters. The number of aromatic nitrogens is 2. The number of thiophene rings is 1. The van der Waals surface area contributed by atoms with Crippen LogP contribution in [0, 0.1) is 0 Å². The molecule has 0 saturated carbocycles. The maximum atomic E-state index is 6.30. The number of rotatable bonds is 4. The van der Waals surface area contributed by atoms with Crippen LogP contribution in [0.4, 0.5) is 0 Å². The highest BCUT2D eigenvalue weighted by Gasteiger charge is 2.14. The van der Waals surface area contributed by atoms with Crippen LogP contribution in [0.1, 0.15) is 5.56 Å². The normalized spacial score (nSPS) is 11.2. The maximum Gasteiger partial charge on any atom is 0.128 e. The van der Waals surface area contributed by atoms with Gasteiger partial charge < -0.3 is 0 Å². The smallest absolute Gasteiger partial charge is 0.128 e. The first-order chi connectivity index (χ1) is 12.6. The number of benzene rings is 2. The molecule has 0 fully saturated rings. The minimum absolute atomic E-state index is 0.642. The van der Waals surface area contributed by atoms with Gasteiger partial charge in [0, 0.05) is 31.2 Å². The van der Waals surface area contributed by atoms with Gasteiger partial charge in [-0.2, -0.15) is 0 Å². The summed E-state index contributed by atoms with van der Waals surface area (Å²) in [7, 11) is 0. The lowest BCUT2D eigenvalue weighted by Gasteiger charge is -2.07. The van der Waals surface area contributed by atoms with Gasteiger partial charge in [0.05, 0.1) is 5.39 Å². The summed E-state index contributed by atoms with van der Waals surface area (Å²) >= 11 is 19.1. The Bertz CT molecular complexity index is 1080. The standard InChI is InChI=1S/C19H11BrCl2N2S2/c20-13-4-1-11(2-5-13)15-9-26-19-17(15)18(23-10-24-19)25-8-12-3-6-14(21)7-16(12)22/h1-7,9-10H,8H2. The van der Waals surface area contributed by atoms with Crippen molar-refractivity contribution in [1.82, 2.24) is 9.97 Å². The van der Waals surface area contributed by atoms with Crippen LogP contribution in [0.25, 0.3) is 21.3 Å². The molecule has 0 saturated heterocycles. The number of halogens is 3. The zero-order chi connectivity index (χ0) is 18.1. The van der Waals surface area contributed by atoms with Crippen molar-refractivity contribution >= 4 is 72.4 Å². The average molecular weight is 482 g/mol. The molecule has 2 heterocycles. The molecule has 0 aliphatic rings. The number of nitrogens with zero attached hydrogens (tertiary/aromatic N) is 2. The van der Waals surface area contributed by atoms with Crippen LogP contribution >= 0.6 is 62.2 Å². The Morgan fingerprint density at radius 2 is 1.85 bits per heavy atom. The summed E-state index contributed by atoms with van der Waals surface area (Å²) in [6, 6.07) is 13.9. The minimum Gasteiger partial charge on any atom is -0.229 e. The van der Waals surface area contributed by atoms with Crippen molar-refractivity contribution in [3.05, 3.63) is 74.3 Å². The lowest BCUT2D eigenvalue weighted by atomic mass is 10.1. The molecule has 0 amide bonds. The van der Waals surface area contributed by atoms with Gasteiger partial charge in [-0.1, -0.05) is 57.3 Å². The quantitative estimate of drug-likeness (QED) is 0.220. The van der Waals surface area contributed by atoms with E-state index in [2.05, 4.69) is 43.4 Å². The van der Waals surface area contributed by atoms with Crippen molar-refractivity contribution in [3.8, 4) is 11.1 Å². The predicted molar refractivity (Wildman–Crippen MR) is 117 cm³/mol. The number of thioether (sulfide) groups is 1. The van der Waals surface area contributed by atoms with E-state index >= 15 is 0 Å². The highest BCUT2D eigenvalue weighted by atomic mass is 79.9. The largest absolute Gasteiger partial charge is 0.229 e.